The van der Waals surface area contributed by atoms with Crippen molar-refractivity contribution in [3.05, 3.63) is 0 Å². The molecule has 4 heteroatoms. The molecule has 84 valence electrons. The number of hydrogen-bond donors (Lipinski definition) is 0. The van der Waals surface area contributed by atoms with Crippen LogP contribution in [0.5, 0.6) is 0 Å². The van der Waals surface area contributed by atoms with Gasteiger partial charge in [0.15, 0.2) is 0 Å². The molecule has 0 aromatic carbocycles. The number of halogens is 1. The van der Waals surface area contributed by atoms with Gasteiger partial charge in [0.1, 0.15) is 0 Å². The summed E-state index contributed by atoms with van der Waals surface area (Å²) >= 11 is 3.55. The minimum absolute atomic E-state index is 0.495. The normalized spacial score (nSPS) is 11.4. The van der Waals surface area contributed by atoms with Crippen LogP contribution in [0, 0.1) is 0 Å². The Balaban J connectivity index is 3.77. The molecule has 0 atom stereocenters. The molecule has 0 rings (SSSR count). The van der Waals surface area contributed by atoms with E-state index in [1.54, 1.807) is 0 Å². The van der Waals surface area contributed by atoms with Crippen molar-refractivity contribution >= 4 is 30.3 Å². The summed E-state index contributed by atoms with van der Waals surface area (Å²) in [7, 11) is 0. The number of rotatable bonds is 7. The number of carbonyl (C=O) groups is 1. The Kier molecular flexibility index (Phi) is 7.74. The first-order valence-electron chi connectivity index (χ1n) is 5.42. The van der Waals surface area contributed by atoms with Gasteiger partial charge in [-0.1, -0.05) is 0 Å². The third kappa shape index (κ3) is 5.25. The molecule has 0 aromatic rings. The van der Waals surface area contributed by atoms with Crippen molar-refractivity contribution in [1.29, 1.82) is 0 Å². The molecule has 0 amide bonds. The fourth-order valence-electron chi connectivity index (χ4n) is 1.88. The number of ether oxygens (including phenoxy) is 1. The van der Waals surface area contributed by atoms with Crippen molar-refractivity contribution in [2.45, 2.75) is 48.2 Å². The molecule has 0 fully saturated rings. The van der Waals surface area contributed by atoms with E-state index in [1.807, 2.05) is 0 Å². The fourth-order valence-corrected chi connectivity index (χ4v) is 9.21. The molecule has 14 heavy (non-hydrogen) atoms. The SMILES string of the molecule is C[CH2][Ge]([CH2]C)([CH2]C)[CH2]CCOC(=O)Cl. The van der Waals surface area contributed by atoms with E-state index in [0.717, 1.165) is 6.42 Å². The molecule has 0 radical (unpaired) electrons. The third-order valence-electron chi connectivity index (χ3n) is 3.32. The first kappa shape index (κ1) is 14.3. The maximum absolute atomic E-state index is 10.3. The Morgan fingerprint density at radius 2 is 1.71 bits per heavy atom. The summed E-state index contributed by atoms with van der Waals surface area (Å²) in [6, 6.07) is 0. The van der Waals surface area contributed by atoms with Gasteiger partial charge < -0.3 is 0 Å². The average Bonchev–Trinajstić information content (AvgIpc) is 2.19. The number of hydrogen-bond acceptors (Lipinski definition) is 2. The third-order valence-corrected chi connectivity index (χ3v) is 15.8. The Morgan fingerprint density at radius 3 is 2.07 bits per heavy atom. The molecule has 0 aromatic heterocycles. The van der Waals surface area contributed by atoms with Crippen molar-refractivity contribution in [3.8, 4) is 0 Å². The molecule has 2 nitrogen and oxygen atoms in total. The van der Waals surface area contributed by atoms with E-state index in [2.05, 4.69) is 20.8 Å². The number of carbonyl (C=O) groups excluding carboxylic acids is 1. The van der Waals surface area contributed by atoms with Crippen molar-refractivity contribution in [3.63, 3.8) is 0 Å². The molecule has 0 aliphatic heterocycles. The molecule has 0 N–H and O–H groups in total. The molecule has 0 heterocycles. The quantitative estimate of drug-likeness (QED) is 0.396. The van der Waals surface area contributed by atoms with Gasteiger partial charge in [-0.15, -0.1) is 0 Å². The van der Waals surface area contributed by atoms with E-state index in [9.17, 15) is 4.79 Å². The van der Waals surface area contributed by atoms with Crippen molar-refractivity contribution in [2.24, 2.45) is 0 Å². The molecule has 0 spiro atoms. The summed E-state index contributed by atoms with van der Waals surface area (Å²) in [4.78, 5) is 10.3. The Bertz CT molecular complexity index is 161. The van der Waals surface area contributed by atoms with Crippen LogP contribution in [0.4, 0.5) is 4.79 Å². The second-order valence-corrected chi connectivity index (χ2v) is 15.9. The summed E-state index contributed by atoms with van der Waals surface area (Å²) < 4.78 is 4.73. The summed E-state index contributed by atoms with van der Waals surface area (Å²) in [6.07, 6.45) is 0.994. The van der Waals surface area contributed by atoms with Crippen LogP contribution in [-0.4, -0.2) is 25.3 Å². The van der Waals surface area contributed by atoms with Gasteiger partial charge in [-0.2, -0.15) is 0 Å². The van der Waals surface area contributed by atoms with Gasteiger partial charge in [-0.3, -0.25) is 0 Å². The maximum atomic E-state index is 10.3. The standard InChI is InChI=1S/C10H21ClGeO2/c1-4-12(5-2,6-3)8-7-9-14-10(11)13/h4-9H2,1-3H3. The van der Waals surface area contributed by atoms with Crippen LogP contribution in [0.15, 0.2) is 0 Å². The summed E-state index contributed by atoms with van der Waals surface area (Å²) in [5.41, 5.74) is -0.674. The first-order valence-corrected chi connectivity index (χ1v) is 11.7. The molecule has 0 saturated heterocycles. The second kappa shape index (κ2) is 7.58. The van der Waals surface area contributed by atoms with Crippen molar-refractivity contribution in [1.82, 2.24) is 0 Å². The van der Waals surface area contributed by atoms with Crippen molar-refractivity contribution in [2.75, 3.05) is 6.61 Å². The summed E-state index contributed by atoms with van der Waals surface area (Å²) in [6.45, 7) is 7.41. The Labute approximate surface area is 94.7 Å². The van der Waals surface area contributed by atoms with Crippen LogP contribution in [0.2, 0.25) is 21.0 Å². The van der Waals surface area contributed by atoms with E-state index >= 15 is 0 Å². The van der Waals surface area contributed by atoms with Gasteiger partial charge in [0.2, 0.25) is 0 Å². The average molecular weight is 281 g/mol. The molecule has 0 unspecified atom stereocenters. The summed E-state index contributed by atoms with van der Waals surface area (Å²) in [5.74, 6) is 0. The molecule has 0 aliphatic carbocycles. The molecule has 0 bridgehead atoms. The minimum atomic E-state index is -1.53. The molecule has 0 saturated carbocycles. The van der Waals surface area contributed by atoms with Crippen LogP contribution < -0.4 is 0 Å². The van der Waals surface area contributed by atoms with Gasteiger partial charge in [-0.05, 0) is 0 Å². The summed E-state index contributed by atoms with van der Waals surface area (Å²) in [5, 5.41) is 5.43. The molecular formula is C10H21ClGeO2. The van der Waals surface area contributed by atoms with E-state index in [-0.39, 0.29) is 0 Å². The van der Waals surface area contributed by atoms with Gasteiger partial charge in [0, 0.05) is 0 Å². The van der Waals surface area contributed by atoms with Crippen LogP contribution >= 0.6 is 11.6 Å². The van der Waals surface area contributed by atoms with Gasteiger partial charge in [-0.25, -0.2) is 0 Å². The van der Waals surface area contributed by atoms with E-state index < -0.39 is 18.7 Å². The van der Waals surface area contributed by atoms with E-state index in [4.69, 9.17) is 16.3 Å². The van der Waals surface area contributed by atoms with Crippen molar-refractivity contribution < 1.29 is 9.53 Å². The molecular weight excluding hydrogens is 260 g/mol. The van der Waals surface area contributed by atoms with Gasteiger partial charge in [0.25, 0.3) is 0 Å². The monoisotopic (exact) mass is 282 g/mol. The van der Waals surface area contributed by atoms with E-state index in [0.29, 0.717) is 6.61 Å². The predicted octanol–water partition coefficient (Wildman–Crippen LogP) is 4.26. The van der Waals surface area contributed by atoms with E-state index in [1.165, 1.54) is 21.0 Å². The van der Waals surface area contributed by atoms with Crippen LogP contribution in [-0.2, 0) is 4.74 Å². The Morgan fingerprint density at radius 1 is 1.21 bits per heavy atom. The zero-order valence-corrected chi connectivity index (χ0v) is 12.3. The predicted molar refractivity (Wildman–Crippen MR) is 63.8 cm³/mol. The zero-order valence-electron chi connectivity index (χ0n) is 9.44. The Hall–Kier alpha value is 0.303. The zero-order chi connectivity index (χ0) is 11.0. The fraction of sp³-hybridized carbons (Fsp3) is 0.900. The van der Waals surface area contributed by atoms with Crippen LogP contribution in [0.1, 0.15) is 27.2 Å². The van der Waals surface area contributed by atoms with Crippen LogP contribution in [0.3, 0.4) is 0 Å². The first-order chi connectivity index (χ1) is 6.60. The van der Waals surface area contributed by atoms with Crippen LogP contribution in [0.25, 0.3) is 0 Å². The van der Waals surface area contributed by atoms with Gasteiger partial charge in [0.05, 0.1) is 0 Å². The second-order valence-electron chi connectivity index (χ2n) is 3.75. The topological polar surface area (TPSA) is 26.3 Å². The van der Waals surface area contributed by atoms with Gasteiger partial charge >= 0.3 is 94.6 Å². The molecule has 0 aliphatic rings.